The molecule has 0 aliphatic carbocycles. The molecule has 9 nitrogen and oxygen atoms in total. The van der Waals surface area contributed by atoms with Gasteiger partial charge >= 0.3 is 16.5 Å². The number of carbonyl (C=O) groups excluding carboxylic acids is 2. The highest BCUT2D eigenvalue weighted by molar-refractivity contribution is 7.80. The zero-order valence-electron chi connectivity index (χ0n) is 11.3. The maximum Gasteiger partial charge on any atom is 0.418 e. The minimum Gasteiger partial charge on any atom is -0.444 e. The molecule has 10 heteroatoms. The van der Waals surface area contributed by atoms with Gasteiger partial charge in [-0.1, -0.05) is 0 Å². The van der Waals surface area contributed by atoms with Crippen molar-refractivity contribution in [1.82, 2.24) is 9.96 Å². The Morgan fingerprint density at radius 2 is 2.00 bits per heavy atom. The summed E-state index contributed by atoms with van der Waals surface area (Å²) in [5.74, 6) is -0.698. The normalized spacial score (nSPS) is 26.3. The molecule has 2 aliphatic heterocycles. The molecule has 0 aromatic heterocycles. The fraction of sp³-hybridized carbons (Fsp3) is 0.800. The van der Waals surface area contributed by atoms with Gasteiger partial charge in [0, 0.05) is 6.54 Å². The topological polar surface area (TPSA) is 113 Å². The molecule has 1 N–H and O–H groups in total. The second-order valence-corrected chi connectivity index (χ2v) is 6.65. The van der Waals surface area contributed by atoms with E-state index in [1.165, 1.54) is 4.90 Å². The lowest BCUT2D eigenvalue weighted by Gasteiger charge is -2.42. The average molecular weight is 308 g/mol. The number of carbonyl (C=O) groups is 2. The van der Waals surface area contributed by atoms with Crippen molar-refractivity contribution in [3.05, 3.63) is 0 Å². The standard InChI is InChI=1S/C10H16N2O7S/c1-10(2,3)18-9(14)11-5-4-6-7(11)8(13)12(6)19-20(15,16)17/h6-7H,4-5H2,1-3H3,(H,15,16,17). The number of fused-ring (bicyclic) bond motifs is 1. The summed E-state index contributed by atoms with van der Waals surface area (Å²) < 4.78 is 39.1. The summed E-state index contributed by atoms with van der Waals surface area (Å²) in [6.45, 7) is 5.36. The SMILES string of the molecule is CC(C)(C)OC(=O)N1CCC2C1C(=O)N2OS(=O)(=O)O. The third-order valence-electron chi connectivity index (χ3n) is 2.94. The summed E-state index contributed by atoms with van der Waals surface area (Å²) >= 11 is 0. The van der Waals surface area contributed by atoms with Crippen LogP contribution in [0, 0.1) is 0 Å². The Balaban J connectivity index is 2.04. The van der Waals surface area contributed by atoms with E-state index in [9.17, 15) is 18.0 Å². The van der Waals surface area contributed by atoms with Crippen LogP contribution in [0.1, 0.15) is 27.2 Å². The summed E-state index contributed by atoms with van der Waals surface area (Å²) in [6, 6.07) is -1.39. The molecule has 2 heterocycles. The maximum atomic E-state index is 11.9. The van der Waals surface area contributed by atoms with Crippen LogP contribution in [0.25, 0.3) is 0 Å². The molecule has 2 unspecified atom stereocenters. The van der Waals surface area contributed by atoms with Gasteiger partial charge in [0.1, 0.15) is 11.6 Å². The van der Waals surface area contributed by atoms with Gasteiger partial charge in [-0.15, -0.1) is 4.28 Å². The fourth-order valence-electron chi connectivity index (χ4n) is 2.25. The van der Waals surface area contributed by atoms with E-state index >= 15 is 0 Å². The molecule has 2 atom stereocenters. The van der Waals surface area contributed by atoms with Crippen molar-refractivity contribution in [2.45, 2.75) is 44.9 Å². The van der Waals surface area contributed by atoms with Gasteiger partial charge in [0.25, 0.3) is 5.91 Å². The van der Waals surface area contributed by atoms with Crippen molar-refractivity contribution in [2.75, 3.05) is 6.54 Å². The van der Waals surface area contributed by atoms with Gasteiger partial charge in [-0.2, -0.15) is 13.5 Å². The van der Waals surface area contributed by atoms with E-state index in [2.05, 4.69) is 4.28 Å². The first-order valence-electron chi connectivity index (χ1n) is 5.99. The summed E-state index contributed by atoms with van der Waals surface area (Å²) in [7, 11) is -4.75. The Morgan fingerprint density at radius 3 is 2.50 bits per heavy atom. The predicted molar refractivity (Wildman–Crippen MR) is 64.6 cm³/mol. The van der Waals surface area contributed by atoms with E-state index in [-0.39, 0.29) is 6.54 Å². The monoisotopic (exact) mass is 308 g/mol. The summed E-state index contributed by atoms with van der Waals surface area (Å²) in [5, 5.41) is 0.574. The van der Waals surface area contributed by atoms with Crippen LogP contribution < -0.4 is 0 Å². The summed E-state index contributed by atoms with van der Waals surface area (Å²) in [5.41, 5.74) is -0.688. The smallest absolute Gasteiger partial charge is 0.418 e. The molecule has 0 radical (unpaired) electrons. The molecule has 2 amide bonds. The average Bonchev–Trinajstić information content (AvgIpc) is 2.62. The highest BCUT2D eigenvalue weighted by atomic mass is 32.3. The van der Waals surface area contributed by atoms with Crippen LogP contribution in [0.3, 0.4) is 0 Å². The van der Waals surface area contributed by atoms with Crippen molar-refractivity contribution < 1.29 is 31.6 Å². The van der Waals surface area contributed by atoms with Crippen molar-refractivity contribution >= 4 is 22.4 Å². The largest absolute Gasteiger partial charge is 0.444 e. The maximum absolute atomic E-state index is 11.9. The van der Waals surface area contributed by atoms with Crippen molar-refractivity contribution in [1.29, 1.82) is 0 Å². The summed E-state index contributed by atoms with van der Waals surface area (Å²) in [6.07, 6.45) is -0.282. The number of amides is 2. The zero-order valence-corrected chi connectivity index (χ0v) is 12.1. The van der Waals surface area contributed by atoms with Crippen LogP contribution in [-0.4, -0.2) is 59.2 Å². The molecule has 114 valence electrons. The van der Waals surface area contributed by atoms with Crippen LogP contribution in [0.2, 0.25) is 0 Å². The molecule has 2 saturated heterocycles. The highest BCUT2D eigenvalue weighted by Crippen LogP contribution is 2.35. The molecule has 0 aromatic carbocycles. The number of β-lactam (4-membered cyclic amide) rings is 1. The van der Waals surface area contributed by atoms with Crippen LogP contribution in [0.5, 0.6) is 0 Å². The lowest BCUT2D eigenvalue weighted by molar-refractivity contribution is -0.199. The zero-order chi connectivity index (χ0) is 15.3. The van der Waals surface area contributed by atoms with Gasteiger partial charge in [0.05, 0.1) is 6.04 Å². The lowest BCUT2D eigenvalue weighted by atomic mass is 10.00. The number of rotatable bonds is 2. The second-order valence-electron chi connectivity index (χ2n) is 5.64. The third-order valence-corrected chi connectivity index (χ3v) is 3.29. The van der Waals surface area contributed by atoms with E-state index in [4.69, 9.17) is 9.29 Å². The second kappa shape index (κ2) is 4.57. The highest BCUT2D eigenvalue weighted by Gasteiger charge is 2.58. The summed E-state index contributed by atoms with van der Waals surface area (Å²) in [4.78, 5) is 24.9. The molecule has 2 aliphatic rings. The Kier molecular flexibility index (Phi) is 3.43. The van der Waals surface area contributed by atoms with Crippen LogP contribution in [0.15, 0.2) is 0 Å². The van der Waals surface area contributed by atoms with Crippen molar-refractivity contribution in [3.8, 4) is 0 Å². The Bertz CT molecular complexity index is 538. The van der Waals surface area contributed by atoms with E-state index in [1.54, 1.807) is 20.8 Å². The first-order chi connectivity index (χ1) is 8.99. The van der Waals surface area contributed by atoms with E-state index < -0.39 is 40.1 Å². The van der Waals surface area contributed by atoms with Crippen LogP contribution >= 0.6 is 0 Å². The van der Waals surface area contributed by atoms with Gasteiger partial charge in [-0.05, 0) is 27.2 Å². The molecule has 0 bridgehead atoms. The minimum atomic E-state index is -4.75. The number of ether oxygens (including phenoxy) is 1. The number of hydroxylamine groups is 2. The molecule has 0 aromatic rings. The number of nitrogens with zero attached hydrogens (tertiary/aromatic N) is 2. The quantitative estimate of drug-likeness (QED) is 0.561. The molecule has 2 fully saturated rings. The Hall–Kier alpha value is -1.39. The van der Waals surface area contributed by atoms with Gasteiger partial charge in [-0.3, -0.25) is 14.2 Å². The van der Waals surface area contributed by atoms with E-state index in [0.717, 1.165) is 0 Å². The van der Waals surface area contributed by atoms with Crippen LogP contribution in [0.4, 0.5) is 4.79 Å². The first kappa shape index (κ1) is 15.0. The Labute approximate surface area is 116 Å². The van der Waals surface area contributed by atoms with E-state index in [0.29, 0.717) is 11.5 Å². The number of hydrogen-bond acceptors (Lipinski definition) is 6. The number of hydrogen-bond donors (Lipinski definition) is 1. The van der Waals surface area contributed by atoms with E-state index in [1.807, 2.05) is 0 Å². The number of likely N-dealkylation sites (tertiary alicyclic amines) is 1. The van der Waals surface area contributed by atoms with Gasteiger partial charge in [0.15, 0.2) is 0 Å². The van der Waals surface area contributed by atoms with Crippen molar-refractivity contribution in [3.63, 3.8) is 0 Å². The molecular weight excluding hydrogens is 292 g/mol. The first-order valence-corrected chi connectivity index (χ1v) is 7.36. The third kappa shape index (κ3) is 2.86. The Morgan fingerprint density at radius 1 is 1.40 bits per heavy atom. The van der Waals surface area contributed by atoms with Gasteiger partial charge in [-0.25, -0.2) is 4.79 Å². The van der Waals surface area contributed by atoms with Gasteiger partial charge in [0.2, 0.25) is 0 Å². The minimum absolute atomic E-state index is 0.251. The molecule has 0 spiro atoms. The van der Waals surface area contributed by atoms with Crippen molar-refractivity contribution in [2.24, 2.45) is 0 Å². The fourth-order valence-corrected chi connectivity index (χ4v) is 2.64. The van der Waals surface area contributed by atoms with Crippen LogP contribution in [-0.2, 0) is 24.2 Å². The lowest BCUT2D eigenvalue weighted by Crippen LogP contribution is -2.67. The molecular formula is C10H16N2O7S. The molecule has 2 rings (SSSR count). The van der Waals surface area contributed by atoms with Gasteiger partial charge < -0.3 is 4.74 Å². The predicted octanol–water partition coefficient (Wildman–Crippen LogP) is -0.0590. The molecule has 0 saturated carbocycles. The molecule has 20 heavy (non-hydrogen) atoms.